The van der Waals surface area contributed by atoms with Gasteiger partial charge in [-0.05, 0) is 17.7 Å². The van der Waals surface area contributed by atoms with Crippen LogP contribution in [0.4, 0.5) is 14.9 Å². The zero-order valence-electron chi connectivity index (χ0n) is 15.6. The van der Waals surface area contributed by atoms with Crippen molar-refractivity contribution < 1.29 is 23.2 Å². The van der Waals surface area contributed by atoms with Gasteiger partial charge in [0.15, 0.2) is 0 Å². The molecule has 0 bridgehead atoms. The summed E-state index contributed by atoms with van der Waals surface area (Å²) in [5.74, 6) is -0.737. The number of aromatic nitrogens is 1. The van der Waals surface area contributed by atoms with Crippen LogP contribution < -0.4 is 15.8 Å². The molecule has 10 heteroatoms. The van der Waals surface area contributed by atoms with Gasteiger partial charge >= 0.3 is 11.7 Å². The number of halogens is 1. The molecule has 1 fully saturated rings. The topological polar surface area (TPSA) is 97.0 Å². The Balaban J connectivity index is 1.74. The lowest BCUT2D eigenvalue weighted by molar-refractivity contribution is -0.119. The maximum atomic E-state index is 14.7. The lowest BCUT2D eigenvalue weighted by Crippen LogP contribution is -2.49. The van der Waals surface area contributed by atoms with Crippen LogP contribution in [-0.4, -0.2) is 54.9 Å². The van der Waals surface area contributed by atoms with Gasteiger partial charge in [-0.3, -0.25) is 4.79 Å². The van der Waals surface area contributed by atoms with Gasteiger partial charge in [0.05, 0.1) is 24.6 Å². The molecule has 0 atom stereocenters. The van der Waals surface area contributed by atoms with Crippen molar-refractivity contribution >= 4 is 17.7 Å². The number of hydrogen-bond donors (Lipinski definition) is 1. The first-order chi connectivity index (χ1) is 13.4. The van der Waals surface area contributed by atoms with Crippen molar-refractivity contribution in [3.8, 4) is 11.1 Å². The van der Waals surface area contributed by atoms with Crippen LogP contribution in [0.25, 0.3) is 11.1 Å². The Morgan fingerprint density at radius 1 is 1.25 bits per heavy atom. The Hall–Kier alpha value is -3.30. The van der Waals surface area contributed by atoms with Gasteiger partial charge in [-0.15, -0.1) is 0 Å². The second-order valence-electron chi connectivity index (χ2n) is 6.34. The normalized spacial score (nSPS) is 14.1. The third-order valence-corrected chi connectivity index (χ3v) is 4.49. The molecule has 1 aromatic heterocycles. The van der Waals surface area contributed by atoms with Crippen molar-refractivity contribution in [1.29, 1.82) is 0 Å². The number of carbonyl (C=O) groups excluding carboxylic acids is 2. The highest BCUT2D eigenvalue weighted by molar-refractivity contribution is 5.72. The van der Waals surface area contributed by atoms with Crippen molar-refractivity contribution in [1.82, 2.24) is 15.0 Å². The quantitative estimate of drug-likeness (QED) is 0.841. The van der Waals surface area contributed by atoms with Crippen LogP contribution in [0, 0.1) is 5.82 Å². The molecule has 0 saturated carbocycles. The Bertz CT molecular complexity index is 930. The zero-order valence-corrected chi connectivity index (χ0v) is 15.6. The number of carbonyl (C=O) groups is 2. The molecule has 0 aliphatic carbocycles. The van der Waals surface area contributed by atoms with Crippen molar-refractivity contribution in [2.24, 2.45) is 0 Å². The summed E-state index contributed by atoms with van der Waals surface area (Å²) in [7, 11) is 1.33. The van der Waals surface area contributed by atoms with Crippen molar-refractivity contribution in [2.75, 3.05) is 38.2 Å². The molecule has 3 rings (SSSR count). The Morgan fingerprint density at radius 3 is 2.57 bits per heavy atom. The van der Waals surface area contributed by atoms with Gasteiger partial charge < -0.3 is 24.4 Å². The standard InChI is InChI=1S/C18H21FN4O5/c1-12(24)20-11-23-10-14(17(25)28-23)13-3-4-16(15(19)9-13)21-5-7-22(8-6-21)18(26)27-2/h3-4,9-10H,5-8,11H2,1-2H3,(H,20,24). The van der Waals surface area contributed by atoms with Crippen LogP contribution in [0.3, 0.4) is 0 Å². The summed E-state index contributed by atoms with van der Waals surface area (Å²) >= 11 is 0. The van der Waals surface area contributed by atoms with Crippen LogP contribution in [0.5, 0.6) is 0 Å². The molecular weight excluding hydrogens is 371 g/mol. The molecular formula is C18H21FN4O5. The summed E-state index contributed by atoms with van der Waals surface area (Å²) in [4.78, 5) is 37.9. The summed E-state index contributed by atoms with van der Waals surface area (Å²) in [6, 6.07) is 4.51. The van der Waals surface area contributed by atoms with E-state index in [1.807, 2.05) is 4.90 Å². The number of hydrogen-bond acceptors (Lipinski definition) is 6. The molecule has 0 spiro atoms. The van der Waals surface area contributed by atoms with Crippen molar-refractivity contribution in [2.45, 2.75) is 13.6 Å². The van der Waals surface area contributed by atoms with E-state index < -0.39 is 17.5 Å². The van der Waals surface area contributed by atoms with E-state index in [0.717, 1.165) is 0 Å². The fourth-order valence-electron chi connectivity index (χ4n) is 3.03. The Labute approximate surface area is 160 Å². The van der Waals surface area contributed by atoms with E-state index in [4.69, 9.17) is 9.26 Å². The van der Waals surface area contributed by atoms with E-state index >= 15 is 0 Å². The van der Waals surface area contributed by atoms with Gasteiger partial charge in [0.2, 0.25) is 5.91 Å². The third kappa shape index (κ3) is 4.16. The predicted octanol–water partition coefficient (Wildman–Crippen LogP) is 1.23. The third-order valence-electron chi connectivity index (χ3n) is 4.49. The van der Waals surface area contributed by atoms with Crippen LogP contribution in [0.2, 0.25) is 0 Å². The van der Waals surface area contributed by atoms with Crippen LogP contribution in [-0.2, 0) is 16.2 Å². The second kappa shape index (κ2) is 8.15. The summed E-state index contributed by atoms with van der Waals surface area (Å²) in [6.07, 6.45) is 1.02. The number of methoxy groups -OCH3 is 1. The number of anilines is 1. The first kappa shape index (κ1) is 19.5. The SMILES string of the molecule is COC(=O)N1CCN(c2ccc(-c3cn(CNC(C)=O)oc3=O)cc2F)CC1. The number of piperazine rings is 1. The van der Waals surface area contributed by atoms with Gasteiger partial charge in [0, 0.05) is 33.1 Å². The number of benzene rings is 1. The smallest absolute Gasteiger partial charge is 0.409 e. The van der Waals surface area contributed by atoms with E-state index in [1.54, 1.807) is 17.0 Å². The molecule has 28 heavy (non-hydrogen) atoms. The van der Waals surface area contributed by atoms with Gasteiger partial charge in [-0.1, -0.05) is 6.07 Å². The minimum Gasteiger partial charge on any atom is -0.453 e. The van der Waals surface area contributed by atoms with Gasteiger partial charge in [-0.25, -0.2) is 14.0 Å². The van der Waals surface area contributed by atoms with Crippen LogP contribution in [0.15, 0.2) is 33.7 Å². The molecule has 0 unspecified atom stereocenters. The molecule has 1 aliphatic heterocycles. The molecule has 0 radical (unpaired) electrons. The monoisotopic (exact) mass is 392 g/mol. The molecule has 1 saturated heterocycles. The summed E-state index contributed by atoms with van der Waals surface area (Å²) in [5.41, 5.74) is 0.357. The number of rotatable bonds is 4. The molecule has 2 amide bonds. The number of nitrogens with one attached hydrogen (secondary N) is 1. The van der Waals surface area contributed by atoms with Gasteiger partial charge in [0.1, 0.15) is 12.5 Å². The fourth-order valence-corrected chi connectivity index (χ4v) is 3.03. The summed E-state index contributed by atoms with van der Waals surface area (Å²) < 4.78 is 25.6. The molecule has 2 heterocycles. The van der Waals surface area contributed by atoms with E-state index in [0.29, 0.717) is 37.4 Å². The average Bonchev–Trinajstić information content (AvgIpc) is 3.06. The second-order valence-corrected chi connectivity index (χ2v) is 6.34. The minimum absolute atomic E-state index is 0.00954. The Morgan fingerprint density at radius 2 is 1.96 bits per heavy atom. The van der Waals surface area contributed by atoms with Gasteiger partial charge in [0.25, 0.3) is 0 Å². The average molecular weight is 392 g/mol. The first-order valence-electron chi connectivity index (χ1n) is 8.72. The molecule has 1 N–H and O–H groups in total. The molecule has 9 nitrogen and oxygen atoms in total. The fraction of sp³-hybridized carbons (Fsp3) is 0.389. The lowest BCUT2D eigenvalue weighted by Gasteiger charge is -2.35. The maximum Gasteiger partial charge on any atom is 0.409 e. The minimum atomic E-state index is -0.621. The highest BCUT2D eigenvalue weighted by Gasteiger charge is 2.23. The highest BCUT2D eigenvalue weighted by atomic mass is 19.1. The number of nitrogens with zero attached hydrogens (tertiary/aromatic N) is 3. The highest BCUT2D eigenvalue weighted by Crippen LogP contribution is 2.26. The molecule has 1 aromatic carbocycles. The number of amides is 2. The summed E-state index contributed by atoms with van der Waals surface area (Å²) in [5, 5.41) is 2.51. The van der Waals surface area contributed by atoms with Gasteiger partial charge in [-0.2, -0.15) is 4.74 Å². The molecule has 1 aliphatic rings. The van der Waals surface area contributed by atoms with Crippen LogP contribution >= 0.6 is 0 Å². The van der Waals surface area contributed by atoms with E-state index in [-0.39, 0.29) is 18.1 Å². The first-order valence-corrected chi connectivity index (χ1v) is 8.72. The lowest BCUT2D eigenvalue weighted by atomic mass is 10.1. The van der Waals surface area contributed by atoms with Crippen molar-refractivity contribution in [3.05, 3.63) is 40.6 Å². The van der Waals surface area contributed by atoms with Crippen molar-refractivity contribution in [3.63, 3.8) is 0 Å². The largest absolute Gasteiger partial charge is 0.453 e. The maximum absolute atomic E-state index is 14.7. The summed E-state index contributed by atoms with van der Waals surface area (Å²) in [6.45, 7) is 3.17. The van der Waals surface area contributed by atoms with E-state index in [1.165, 1.54) is 31.0 Å². The van der Waals surface area contributed by atoms with E-state index in [2.05, 4.69) is 5.32 Å². The predicted molar refractivity (Wildman–Crippen MR) is 98.4 cm³/mol. The number of ether oxygens (including phenoxy) is 1. The zero-order chi connectivity index (χ0) is 20.3. The molecule has 150 valence electrons. The van der Waals surface area contributed by atoms with Crippen LogP contribution in [0.1, 0.15) is 6.92 Å². The van der Waals surface area contributed by atoms with E-state index in [9.17, 15) is 18.8 Å². The molecule has 2 aromatic rings. The Kier molecular flexibility index (Phi) is 5.67.